The van der Waals surface area contributed by atoms with Crippen molar-refractivity contribution in [1.29, 1.82) is 0 Å². The first-order valence-corrected chi connectivity index (χ1v) is 7.63. The number of H-pyrrole nitrogens is 1. The minimum absolute atomic E-state index is 0.139. The number of aromatic amines is 1. The summed E-state index contributed by atoms with van der Waals surface area (Å²) >= 11 is 0. The molecule has 0 aliphatic carbocycles. The van der Waals surface area contributed by atoms with Gasteiger partial charge in [-0.05, 0) is 23.8 Å². The van der Waals surface area contributed by atoms with Crippen LogP contribution in [0, 0.1) is 0 Å². The number of primary sulfonamides is 1. The third-order valence-electron chi connectivity index (χ3n) is 3.08. The zero-order valence-electron chi connectivity index (χ0n) is 10.6. The Morgan fingerprint density at radius 3 is 2.50 bits per heavy atom. The topological polar surface area (TPSA) is 88.8 Å². The Morgan fingerprint density at radius 1 is 1.05 bits per heavy atom. The van der Waals surface area contributed by atoms with Crippen molar-refractivity contribution in [3.8, 4) is 0 Å². The van der Waals surface area contributed by atoms with Crippen LogP contribution in [0.1, 0.15) is 11.4 Å². The third-order valence-corrected chi connectivity index (χ3v) is 4.09. The summed E-state index contributed by atoms with van der Waals surface area (Å²) in [5, 5.41) is 5.23. The van der Waals surface area contributed by atoms with Crippen molar-refractivity contribution < 1.29 is 8.42 Å². The van der Waals surface area contributed by atoms with Crippen molar-refractivity contribution >= 4 is 21.1 Å². The van der Waals surface area contributed by atoms with Gasteiger partial charge in [0.15, 0.2) is 0 Å². The first kappa shape index (κ1) is 12.8. The number of nitrogens with zero attached hydrogens (tertiary/aromatic N) is 1. The van der Waals surface area contributed by atoms with E-state index in [0.29, 0.717) is 17.8 Å². The van der Waals surface area contributed by atoms with E-state index in [4.69, 9.17) is 5.14 Å². The molecule has 3 N–H and O–H groups in total. The zero-order valence-corrected chi connectivity index (χ0v) is 11.4. The van der Waals surface area contributed by atoms with E-state index in [2.05, 4.69) is 9.97 Å². The maximum atomic E-state index is 11.6. The molecule has 2 aromatic carbocycles. The van der Waals surface area contributed by atoms with E-state index in [1.54, 1.807) is 18.2 Å². The summed E-state index contributed by atoms with van der Waals surface area (Å²) in [7, 11) is -3.73. The van der Waals surface area contributed by atoms with E-state index in [-0.39, 0.29) is 4.90 Å². The van der Waals surface area contributed by atoms with Gasteiger partial charge in [-0.25, -0.2) is 18.5 Å². The molecule has 6 heteroatoms. The van der Waals surface area contributed by atoms with Crippen molar-refractivity contribution in [3.05, 3.63) is 59.9 Å². The van der Waals surface area contributed by atoms with Crippen LogP contribution >= 0.6 is 0 Å². The molecule has 0 bridgehead atoms. The Hall–Kier alpha value is -2.18. The largest absolute Gasteiger partial charge is 0.342 e. The van der Waals surface area contributed by atoms with Crippen LogP contribution in [-0.2, 0) is 16.4 Å². The second-order valence-electron chi connectivity index (χ2n) is 4.53. The fraction of sp³-hybridized carbons (Fsp3) is 0.0714. The van der Waals surface area contributed by atoms with Gasteiger partial charge in [0.1, 0.15) is 5.82 Å². The van der Waals surface area contributed by atoms with Gasteiger partial charge in [-0.15, -0.1) is 0 Å². The highest BCUT2D eigenvalue weighted by molar-refractivity contribution is 7.89. The first-order chi connectivity index (χ1) is 9.54. The average molecular weight is 287 g/mol. The molecule has 0 aliphatic rings. The maximum Gasteiger partial charge on any atom is 0.238 e. The minimum atomic E-state index is -3.73. The Balaban J connectivity index is 2.03. The molecule has 0 saturated carbocycles. The first-order valence-electron chi connectivity index (χ1n) is 6.08. The monoisotopic (exact) mass is 287 g/mol. The molecule has 0 saturated heterocycles. The smallest absolute Gasteiger partial charge is 0.238 e. The van der Waals surface area contributed by atoms with Crippen molar-refractivity contribution in [2.24, 2.45) is 5.14 Å². The molecule has 0 spiro atoms. The summed E-state index contributed by atoms with van der Waals surface area (Å²) in [5.41, 5.74) is 2.42. The van der Waals surface area contributed by atoms with Gasteiger partial charge >= 0.3 is 0 Å². The van der Waals surface area contributed by atoms with E-state index < -0.39 is 10.0 Å². The standard InChI is InChI=1S/C14H13N3O2S/c15-20(18,19)13-8-4-1-5-10(13)9-14-16-11-6-2-3-7-12(11)17-14/h1-8H,9H2,(H,16,17)(H2,15,18,19). The van der Waals surface area contributed by atoms with Crippen LogP contribution < -0.4 is 5.14 Å². The van der Waals surface area contributed by atoms with E-state index in [1.165, 1.54) is 6.07 Å². The van der Waals surface area contributed by atoms with Crippen molar-refractivity contribution in [3.63, 3.8) is 0 Å². The van der Waals surface area contributed by atoms with Crippen LogP contribution in [-0.4, -0.2) is 18.4 Å². The van der Waals surface area contributed by atoms with E-state index in [0.717, 1.165) is 11.0 Å². The fourth-order valence-electron chi connectivity index (χ4n) is 2.20. The van der Waals surface area contributed by atoms with Gasteiger partial charge in [0.2, 0.25) is 10.0 Å². The second-order valence-corrected chi connectivity index (χ2v) is 6.06. The lowest BCUT2D eigenvalue weighted by atomic mass is 10.1. The van der Waals surface area contributed by atoms with Crippen LogP contribution in [0.3, 0.4) is 0 Å². The Kier molecular flexibility index (Phi) is 3.04. The molecule has 3 aromatic rings. The summed E-state index contributed by atoms with van der Waals surface area (Å²) in [6.45, 7) is 0. The number of nitrogens with two attached hydrogens (primary N) is 1. The predicted molar refractivity (Wildman–Crippen MR) is 76.7 cm³/mol. The van der Waals surface area contributed by atoms with Crippen molar-refractivity contribution in [1.82, 2.24) is 9.97 Å². The van der Waals surface area contributed by atoms with Gasteiger partial charge in [-0.2, -0.15) is 0 Å². The lowest BCUT2D eigenvalue weighted by Crippen LogP contribution is -2.14. The Bertz CT molecular complexity index is 836. The number of fused-ring (bicyclic) bond motifs is 1. The van der Waals surface area contributed by atoms with Gasteiger partial charge in [0.05, 0.1) is 15.9 Å². The van der Waals surface area contributed by atoms with E-state index >= 15 is 0 Å². The Morgan fingerprint density at radius 2 is 1.75 bits per heavy atom. The van der Waals surface area contributed by atoms with Gasteiger partial charge in [-0.3, -0.25) is 0 Å². The molecule has 0 unspecified atom stereocenters. The zero-order chi connectivity index (χ0) is 14.2. The van der Waals surface area contributed by atoms with Crippen molar-refractivity contribution in [2.45, 2.75) is 11.3 Å². The quantitative estimate of drug-likeness (QED) is 0.769. The summed E-state index contributed by atoms with van der Waals surface area (Å²) in [5.74, 6) is 0.710. The van der Waals surface area contributed by atoms with E-state index in [1.807, 2.05) is 24.3 Å². The Labute approximate surface area is 116 Å². The third kappa shape index (κ3) is 2.43. The fourth-order valence-corrected chi connectivity index (χ4v) is 2.97. The molecule has 20 heavy (non-hydrogen) atoms. The number of hydrogen-bond donors (Lipinski definition) is 2. The summed E-state index contributed by atoms with van der Waals surface area (Å²) < 4.78 is 23.1. The van der Waals surface area contributed by atoms with E-state index in [9.17, 15) is 8.42 Å². The van der Waals surface area contributed by atoms with Crippen molar-refractivity contribution in [2.75, 3.05) is 0 Å². The molecule has 1 aromatic heterocycles. The van der Waals surface area contributed by atoms with Gasteiger partial charge in [0, 0.05) is 6.42 Å². The molecule has 5 nitrogen and oxygen atoms in total. The molecule has 0 aliphatic heterocycles. The normalized spacial score (nSPS) is 11.8. The van der Waals surface area contributed by atoms with Crippen LogP contribution in [0.25, 0.3) is 11.0 Å². The summed E-state index contributed by atoms with van der Waals surface area (Å²) in [6.07, 6.45) is 0.390. The van der Waals surface area contributed by atoms with Gasteiger partial charge < -0.3 is 4.98 Å². The number of benzene rings is 2. The molecule has 0 fully saturated rings. The SMILES string of the molecule is NS(=O)(=O)c1ccccc1Cc1nc2ccccc2[nH]1. The summed E-state index contributed by atoms with van der Waals surface area (Å²) in [4.78, 5) is 7.76. The number of aromatic nitrogens is 2. The average Bonchev–Trinajstić information content (AvgIpc) is 2.80. The van der Waals surface area contributed by atoms with Crippen LogP contribution in [0.15, 0.2) is 53.4 Å². The molecule has 1 heterocycles. The predicted octanol–water partition coefficient (Wildman–Crippen LogP) is 1.80. The van der Waals surface area contributed by atoms with Gasteiger partial charge in [-0.1, -0.05) is 30.3 Å². The maximum absolute atomic E-state index is 11.6. The molecule has 102 valence electrons. The van der Waals surface area contributed by atoms with Crippen LogP contribution in [0.2, 0.25) is 0 Å². The highest BCUT2D eigenvalue weighted by atomic mass is 32.2. The van der Waals surface area contributed by atoms with Crippen LogP contribution in [0.4, 0.5) is 0 Å². The molecule has 3 rings (SSSR count). The lowest BCUT2D eigenvalue weighted by molar-refractivity contribution is 0.597. The number of imidazole rings is 1. The molecule has 0 radical (unpaired) electrons. The van der Waals surface area contributed by atoms with Crippen LogP contribution in [0.5, 0.6) is 0 Å². The molecule has 0 atom stereocenters. The molecular formula is C14H13N3O2S. The highest BCUT2D eigenvalue weighted by Crippen LogP contribution is 2.18. The lowest BCUT2D eigenvalue weighted by Gasteiger charge is -2.05. The minimum Gasteiger partial charge on any atom is -0.342 e. The second kappa shape index (κ2) is 4.73. The number of rotatable bonds is 3. The number of sulfonamides is 1. The molecular weight excluding hydrogens is 274 g/mol. The molecule has 0 amide bonds. The van der Waals surface area contributed by atoms with Gasteiger partial charge in [0.25, 0.3) is 0 Å². The number of para-hydroxylation sites is 2. The summed E-state index contributed by atoms with van der Waals surface area (Å²) in [6, 6.07) is 14.3. The number of nitrogens with one attached hydrogen (secondary N) is 1. The number of hydrogen-bond acceptors (Lipinski definition) is 3. The highest BCUT2D eigenvalue weighted by Gasteiger charge is 2.14.